The van der Waals surface area contributed by atoms with Crippen molar-refractivity contribution in [1.82, 2.24) is 0 Å². The fraction of sp³-hybridized carbons (Fsp3) is 0.0367. The fourth-order valence-corrected chi connectivity index (χ4v) is 14.1. The van der Waals surface area contributed by atoms with Gasteiger partial charge in [0.2, 0.25) is 46.2 Å². The third-order valence-corrected chi connectivity index (χ3v) is 20.8. The van der Waals surface area contributed by atoms with Crippen LogP contribution in [0.4, 0.5) is 13.2 Å². The molecule has 7 N–H and O–H groups in total. The molecule has 0 spiro atoms. The smallest absolute Gasteiger partial charge is 0.232 e. The van der Waals surface area contributed by atoms with Crippen molar-refractivity contribution in [2.75, 3.05) is 28.4 Å². The molecule has 0 atom stereocenters. The predicted molar refractivity (Wildman–Crippen MR) is 498 cm³/mol. The Morgan fingerprint density at radius 2 is 0.547 bits per heavy atom. The third-order valence-electron chi connectivity index (χ3n) is 20.8. The number of phenolic OH excluding ortho intramolecular Hbond substituents is 7. The van der Waals surface area contributed by atoms with Crippen LogP contribution in [0.5, 0.6) is 103 Å². The van der Waals surface area contributed by atoms with Gasteiger partial charge in [-0.25, -0.2) is 13.2 Å². The average molecular weight is 1840 g/mol. The van der Waals surface area contributed by atoms with Gasteiger partial charge in [-0.2, -0.15) is 0 Å². The number of phenols is 7. The number of para-hydroxylation sites is 5. The topological polar surface area (TPSA) is 363 Å². The molecule has 137 heavy (non-hydrogen) atoms. The van der Waals surface area contributed by atoms with E-state index in [0.29, 0.717) is 119 Å². The molecule has 0 fully saturated rings. The molecule has 25 nitrogen and oxygen atoms in total. The summed E-state index contributed by atoms with van der Waals surface area (Å²) < 4.78 is 97.4. The largest absolute Gasteiger partial charge is 0.508 e. The van der Waals surface area contributed by atoms with Gasteiger partial charge in [0.25, 0.3) is 0 Å². The first-order chi connectivity index (χ1) is 66.2. The fourth-order valence-electron chi connectivity index (χ4n) is 14.1. The zero-order valence-corrected chi connectivity index (χ0v) is 72.4. The summed E-state index contributed by atoms with van der Waals surface area (Å²) in [5, 5.41) is 67.3. The minimum atomic E-state index is -0.480. The molecule has 28 heteroatoms. The lowest BCUT2D eigenvalue weighted by molar-refractivity contribution is 0.101. The lowest BCUT2D eigenvalue weighted by Gasteiger charge is -2.04. The van der Waals surface area contributed by atoms with Gasteiger partial charge in [0.1, 0.15) is 57.7 Å². The number of Topliss-reactive ketones (excluding diaryl/α,β-unsaturated/α-hetero) is 7. The van der Waals surface area contributed by atoms with Crippen molar-refractivity contribution in [3.05, 3.63) is 433 Å². The quantitative estimate of drug-likeness (QED) is 0.0467. The molecular formula is C109H75F3O25. The number of carbonyl (C=O) groups excluding carboxylic acids is 7. The number of ether oxygens (including phenoxy) is 11. The molecule has 0 aromatic heterocycles. The Balaban J connectivity index is 0.000000121. The van der Waals surface area contributed by atoms with E-state index in [1.807, 2.05) is 18.2 Å². The molecule has 0 amide bonds. The average Bonchev–Trinajstić information content (AvgIpc) is 1.63. The van der Waals surface area contributed by atoms with E-state index < -0.39 is 11.5 Å². The summed E-state index contributed by atoms with van der Waals surface area (Å²) in [7, 11) is 5.84. The Morgan fingerprint density at radius 1 is 0.234 bits per heavy atom. The second-order valence-electron chi connectivity index (χ2n) is 29.9. The number of carbonyl (C=O) groups is 7. The second kappa shape index (κ2) is 41.5. The third kappa shape index (κ3) is 21.4. The SMILES string of the molecule is COc1cc(/C=C2\Oc3ccccc3C2=O)ccc1O.COc1ccc(/C=C2\Oc3c(ccc(O)c3O)C2=O)cc1O.COc1ccc(/C=C2\Oc3cc(O)ccc3C2=O)cc1O.COc1ccc(/C=C2\Oc3ccccc3C2=O)cc1O.O=C1/C(=C/c2ccc(F)cc2)Oc2ccccc21.O=C1/C(=C/c2cccc(F)c2)Oc2ccccc21.O=C1/C(=C/c2ccccc2F)Oc2ccccc21. The normalized spacial score (nSPS) is 15.2. The zero-order valence-electron chi connectivity index (χ0n) is 72.4. The molecule has 0 bridgehead atoms. The van der Waals surface area contributed by atoms with E-state index >= 15 is 0 Å². The lowest BCUT2D eigenvalue weighted by atomic mass is 10.1. The molecule has 682 valence electrons. The number of fused-ring (bicyclic) bond motifs is 7. The van der Waals surface area contributed by atoms with Crippen molar-refractivity contribution in [1.29, 1.82) is 0 Å². The molecule has 0 saturated carbocycles. The first kappa shape index (κ1) is 92.8. The Bertz CT molecular complexity index is 7400. The minimum Gasteiger partial charge on any atom is -0.508 e. The number of halogens is 3. The van der Waals surface area contributed by atoms with Crippen LogP contribution in [0.15, 0.2) is 338 Å². The molecule has 0 aliphatic carbocycles. The van der Waals surface area contributed by atoms with Crippen LogP contribution in [0.2, 0.25) is 0 Å². The highest BCUT2D eigenvalue weighted by atomic mass is 19.1. The van der Waals surface area contributed by atoms with E-state index in [1.54, 1.807) is 218 Å². The Hall–Kier alpha value is -18.9. The monoisotopic (exact) mass is 1840 g/mol. The molecule has 14 aromatic rings. The van der Waals surface area contributed by atoms with E-state index in [2.05, 4.69) is 0 Å². The molecule has 0 radical (unpaired) electrons. The Labute approximate surface area is 778 Å². The van der Waals surface area contributed by atoms with E-state index in [9.17, 15) is 82.5 Å². The van der Waals surface area contributed by atoms with Crippen LogP contribution in [0, 0.1) is 17.5 Å². The van der Waals surface area contributed by atoms with Crippen molar-refractivity contribution < 1.29 is 135 Å². The summed E-state index contributed by atoms with van der Waals surface area (Å²) in [5.41, 5.74) is 7.48. The first-order valence-electron chi connectivity index (χ1n) is 41.4. The summed E-state index contributed by atoms with van der Waals surface area (Å²) in [6, 6.07) is 79.5. The summed E-state index contributed by atoms with van der Waals surface area (Å²) in [6.07, 6.45) is 10.8. The van der Waals surface area contributed by atoms with Gasteiger partial charge in [-0.1, -0.05) is 127 Å². The van der Waals surface area contributed by atoms with Crippen LogP contribution in [0.1, 0.15) is 111 Å². The van der Waals surface area contributed by atoms with Gasteiger partial charge in [0.05, 0.1) is 67.4 Å². The van der Waals surface area contributed by atoms with Gasteiger partial charge in [-0.3, -0.25) is 33.6 Å². The van der Waals surface area contributed by atoms with Gasteiger partial charge in [-0.15, -0.1) is 0 Å². The van der Waals surface area contributed by atoms with Gasteiger partial charge in [-0.05, 0) is 240 Å². The van der Waals surface area contributed by atoms with Crippen LogP contribution < -0.4 is 52.1 Å². The number of aromatic hydroxyl groups is 7. The highest BCUT2D eigenvalue weighted by Crippen LogP contribution is 2.46. The number of hydrogen-bond donors (Lipinski definition) is 7. The second-order valence-corrected chi connectivity index (χ2v) is 29.9. The first-order valence-corrected chi connectivity index (χ1v) is 41.4. The maximum atomic E-state index is 13.5. The molecule has 7 aliphatic heterocycles. The standard InChI is InChI=1S/C16H12O6.C16H12O5.2C16H12O4.3C15H9FO2/c1-21-12-5-2-8(6-11(12)18)7-13-14(19)9-3-4-10(17)15(20)16(9)22-13;1-20-13-5-2-9(6-12(13)18)7-15-16(19)11-4-3-10(17)8-14(11)21-15;1-19-14-7-6-10(8-12(14)17)9-15-16(18)11-4-2-3-5-13(11)20-15;1-19-14-8-10(6-7-12(14)17)9-15-16(18)11-4-2-3-5-13(11)20-15;16-12-7-3-1-5-10(12)9-14-15(17)11-6-2-4-8-13(11)18-14;16-11-5-3-4-10(8-11)9-14-15(17)12-6-1-2-7-13(12)18-14;16-11-7-5-10(6-8-11)9-14-15(17)12-3-1-2-4-13(12)18-14/h2-7,17-18,20H,1H3;2-8,17-18H,1H3;2*2-9,17H,1H3;3*1-9H/b13-7-;15-7-;2*15-9-;3*14-9-. The van der Waals surface area contributed by atoms with E-state index in [-0.39, 0.29) is 138 Å². The Morgan fingerprint density at radius 3 is 0.934 bits per heavy atom. The van der Waals surface area contributed by atoms with Gasteiger partial charge in [0, 0.05) is 11.6 Å². The van der Waals surface area contributed by atoms with Crippen LogP contribution in [0.25, 0.3) is 42.5 Å². The number of rotatable bonds is 11. The molecular weight excluding hydrogens is 1770 g/mol. The van der Waals surface area contributed by atoms with Crippen molar-refractivity contribution >= 4 is 83.0 Å². The molecule has 21 rings (SSSR count). The summed E-state index contributed by atoms with van der Waals surface area (Å²) in [5.74, 6) is 2.31. The molecule has 14 aromatic carbocycles. The van der Waals surface area contributed by atoms with E-state index in [0.717, 1.165) is 11.1 Å². The number of hydrogen-bond acceptors (Lipinski definition) is 25. The highest BCUT2D eigenvalue weighted by molar-refractivity contribution is 6.19. The number of allylic oxidation sites excluding steroid dienone is 7. The van der Waals surface area contributed by atoms with Crippen LogP contribution in [-0.2, 0) is 0 Å². The van der Waals surface area contributed by atoms with E-state index in [1.165, 1.54) is 132 Å². The molecule has 7 heterocycles. The van der Waals surface area contributed by atoms with Crippen LogP contribution >= 0.6 is 0 Å². The number of ketones is 7. The van der Waals surface area contributed by atoms with Crippen molar-refractivity contribution in [2.24, 2.45) is 0 Å². The number of benzene rings is 14. The van der Waals surface area contributed by atoms with Crippen LogP contribution in [-0.4, -0.2) is 105 Å². The summed E-state index contributed by atoms with van der Waals surface area (Å²) in [4.78, 5) is 84.6. The predicted octanol–water partition coefficient (Wildman–Crippen LogP) is 21.5. The maximum Gasteiger partial charge on any atom is 0.232 e. The molecule has 7 aliphatic rings. The zero-order chi connectivity index (χ0) is 96.7. The Kier molecular flexibility index (Phi) is 28.1. The van der Waals surface area contributed by atoms with Crippen molar-refractivity contribution in [2.45, 2.75) is 0 Å². The maximum absolute atomic E-state index is 13.5. The molecule has 0 saturated heterocycles. The molecule has 0 unspecified atom stereocenters. The minimum absolute atomic E-state index is 0.0135. The van der Waals surface area contributed by atoms with Gasteiger partial charge in [0.15, 0.2) is 97.8 Å². The van der Waals surface area contributed by atoms with Gasteiger partial charge < -0.3 is 87.9 Å². The number of methoxy groups -OCH3 is 4. The highest BCUT2D eigenvalue weighted by Gasteiger charge is 2.35. The summed E-state index contributed by atoms with van der Waals surface area (Å²) >= 11 is 0. The van der Waals surface area contributed by atoms with Crippen LogP contribution in [0.3, 0.4) is 0 Å². The van der Waals surface area contributed by atoms with Crippen molar-refractivity contribution in [3.63, 3.8) is 0 Å². The van der Waals surface area contributed by atoms with E-state index in [4.69, 9.17) is 52.1 Å². The summed E-state index contributed by atoms with van der Waals surface area (Å²) in [6.45, 7) is 0. The lowest BCUT2D eigenvalue weighted by Crippen LogP contribution is -1.98. The van der Waals surface area contributed by atoms with Gasteiger partial charge >= 0.3 is 0 Å². The van der Waals surface area contributed by atoms with Crippen molar-refractivity contribution in [3.8, 4) is 103 Å².